The molecule has 0 saturated heterocycles. The first-order chi connectivity index (χ1) is 14.1. The number of hydrogen-bond acceptors (Lipinski definition) is 6. The maximum absolute atomic E-state index is 11.7. The molecule has 4 bridgehead atoms. The van der Waals surface area contributed by atoms with Crippen LogP contribution in [0.15, 0.2) is 42.5 Å². The van der Waals surface area contributed by atoms with Crippen LogP contribution >= 0.6 is 0 Å². The minimum atomic E-state index is -0.868. The Kier molecular flexibility index (Phi) is 7.60. The number of nitrogens with one attached hydrogen (secondary N) is 2. The summed E-state index contributed by atoms with van der Waals surface area (Å²) in [6.07, 6.45) is 0.504. The van der Waals surface area contributed by atoms with Crippen LogP contribution in [-0.4, -0.2) is 61.1 Å². The summed E-state index contributed by atoms with van der Waals surface area (Å²) in [6.45, 7) is 2.34. The van der Waals surface area contributed by atoms with Gasteiger partial charge in [0.2, 0.25) is 0 Å². The number of carbonyl (C=O) groups is 1. The Hall–Kier alpha value is -2.45. The van der Waals surface area contributed by atoms with E-state index in [4.69, 9.17) is 10.5 Å². The summed E-state index contributed by atoms with van der Waals surface area (Å²) < 4.78 is 5.84. The lowest BCUT2D eigenvalue weighted by Crippen LogP contribution is -2.42. The first kappa shape index (κ1) is 21.3. The zero-order chi connectivity index (χ0) is 20.6. The minimum absolute atomic E-state index is 0.103. The van der Waals surface area contributed by atoms with Gasteiger partial charge in [0, 0.05) is 25.2 Å². The number of aliphatic carboxylic acids is 1. The highest BCUT2D eigenvalue weighted by atomic mass is 16.5. The third-order valence-corrected chi connectivity index (χ3v) is 5.01. The summed E-state index contributed by atoms with van der Waals surface area (Å²) in [7, 11) is 0. The maximum Gasteiger partial charge on any atom is 0.321 e. The lowest BCUT2D eigenvalue weighted by atomic mass is 9.96. The molecule has 0 amide bonds. The second-order valence-corrected chi connectivity index (χ2v) is 7.28. The number of fused-ring (bicyclic) bond motifs is 5. The Morgan fingerprint density at radius 1 is 1.17 bits per heavy atom. The van der Waals surface area contributed by atoms with Crippen molar-refractivity contribution in [3.05, 3.63) is 53.6 Å². The summed E-state index contributed by atoms with van der Waals surface area (Å²) >= 11 is 0. The summed E-state index contributed by atoms with van der Waals surface area (Å²) in [5.74, 6) is -0.226. The van der Waals surface area contributed by atoms with Crippen molar-refractivity contribution < 1.29 is 19.7 Å². The zero-order valence-electron chi connectivity index (χ0n) is 16.4. The van der Waals surface area contributed by atoms with E-state index in [-0.39, 0.29) is 13.2 Å². The van der Waals surface area contributed by atoms with Crippen LogP contribution in [0.3, 0.4) is 0 Å². The number of aliphatic hydroxyl groups is 1. The van der Waals surface area contributed by atoms with Gasteiger partial charge in [0.05, 0.1) is 0 Å². The summed E-state index contributed by atoms with van der Waals surface area (Å²) in [4.78, 5) is 11.7. The minimum Gasteiger partial charge on any atom is -0.490 e. The topological polar surface area (TPSA) is 117 Å². The van der Waals surface area contributed by atoms with Gasteiger partial charge < -0.3 is 31.3 Å². The SMILES string of the molecule is NC[C@@H](O)COc1ccc2cc1-c1cccc(c1)CCNCCNC(C(=O)O)C2. The molecule has 0 aliphatic carbocycles. The van der Waals surface area contributed by atoms with Crippen molar-refractivity contribution in [1.82, 2.24) is 10.6 Å². The third kappa shape index (κ3) is 6.01. The predicted octanol–water partition coefficient (Wildman–Crippen LogP) is 0.783. The first-order valence-corrected chi connectivity index (χ1v) is 9.97. The van der Waals surface area contributed by atoms with Gasteiger partial charge in [-0.25, -0.2) is 0 Å². The summed E-state index contributed by atoms with van der Waals surface area (Å²) in [5, 5.41) is 25.8. The van der Waals surface area contributed by atoms with E-state index in [0.29, 0.717) is 25.3 Å². The molecule has 2 aromatic carbocycles. The number of ether oxygens (including phenoxy) is 1. The molecule has 0 aromatic heterocycles. The van der Waals surface area contributed by atoms with Gasteiger partial charge in [-0.05, 0) is 48.2 Å². The molecular weight excluding hydrogens is 370 g/mol. The van der Waals surface area contributed by atoms with Crippen molar-refractivity contribution in [2.75, 3.05) is 32.8 Å². The Bertz CT molecular complexity index is 827. The van der Waals surface area contributed by atoms with Crippen LogP contribution in [0.4, 0.5) is 0 Å². The quantitative estimate of drug-likeness (QED) is 0.504. The molecule has 0 fully saturated rings. The molecule has 0 radical (unpaired) electrons. The van der Waals surface area contributed by atoms with Crippen molar-refractivity contribution in [2.45, 2.75) is 25.0 Å². The highest BCUT2D eigenvalue weighted by Crippen LogP contribution is 2.32. The summed E-state index contributed by atoms with van der Waals surface area (Å²) in [5.41, 5.74) is 9.47. The number of benzene rings is 2. The fraction of sp³-hybridized carbons (Fsp3) is 0.409. The molecule has 156 valence electrons. The highest BCUT2D eigenvalue weighted by Gasteiger charge is 2.19. The first-order valence-electron chi connectivity index (χ1n) is 9.97. The van der Waals surface area contributed by atoms with Crippen LogP contribution in [0, 0.1) is 0 Å². The average Bonchev–Trinajstić information content (AvgIpc) is 2.73. The predicted molar refractivity (Wildman–Crippen MR) is 112 cm³/mol. The van der Waals surface area contributed by atoms with E-state index in [1.165, 1.54) is 5.56 Å². The molecule has 7 nitrogen and oxygen atoms in total. The smallest absolute Gasteiger partial charge is 0.321 e. The maximum atomic E-state index is 11.7. The molecule has 1 aliphatic rings. The molecule has 1 unspecified atom stereocenters. The highest BCUT2D eigenvalue weighted by molar-refractivity contribution is 5.75. The number of carboxylic acids is 1. The van der Waals surface area contributed by atoms with E-state index in [2.05, 4.69) is 22.8 Å². The molecule has 0 spiro atoms. The van der Waals surface area contributed by atoms with Gasteiger partial charge >= 0.3 is 5.97 Å². The molecule has 0 saturated carbocycles. The fourth-order valence-corrected chi connectivity index (χ4v) is 3.38. The van der Waals surface area contributed by atoms with Crippen molar-refractivity contribution >= 4 is 5.97 Å². The normalized spacial score (nSPS) is 18.5. The van der Waals surface area contributed by atoms with Crippen LogP contribution in [-0.2, 0) is 17.6 Å². The summed E-state index contributed by atoms with van der Waals surface area (Å²) in [6, 6.07) is 13.3. The van der Waals surface area contributed by atoms with Crippen LogP contribution in [0.5, 0.6) is 5.75 Å². The Morgan fingerprint density at radius 3 is 2.83 bits per heavy atom. The monoisotopic (exact) mass is 399 g/mol. The van der Waals surface area contributed by atoms with Crippen molar-refractivity contribution in [3.8, 4) is 16.9 Å². The fourth-order valence-electron chi connectivity index (χ4n) is 3.38. The molecule has 7 heteroatoms. The molecular formula is C22H29N3O4. The number of hydrogen-bond donors (Lipinski definition) is 5. The largest absolute Gasteiger partial charge is 0.490 e. The number of nitrogens with two attached hydrogens (primary N) is 1. The number of carboxylic acid groups (broad SMARTS) is 1. The Balaban J connectivity index is 1.98. The van der Waals surface area contributed by atoms with Gasteiger partial charge in [-0.15, -0.1) is 0 Å². The number of rotatable bonds is 5. The van der Waals surface area contributed by atoms with Gasteiger partial charge in [0.1, 0.15) is 24.5 Å². The van der Waals surface area contributed by atoms with Gasteiger partial charge in [0.15, 0.2) is 0 Å². The molecule has 29 heavy (non-hydrogen) atoms. The average molecular weight is 399 g/mol. The van der Waals surface area contributed by atoms with Crippen LogP contribution < -0.4 is 21.1 Å². The van der Waals surface area contributed by atoms with Crippen molar-refractivity contribution in [1.29, 1.82) is 0 Å². The van der Waals surface area contributed by atoms with Crippen LogP contribution in [0.2, 0.25) is 0 Å². The molecule has 2 aromatic rings. The standard InChI is InChI=1S/C22H29N3O4/c23-13-18(26)14-29-21-5-4-16-11-19(21)17-3-1-2-15(10-17)6-7-24-8-9-25-20(12-16)22(27)28/h1-5,10-11,18,20,24-26H,6-9,12-14,23H2,(H,27,28)/t18-,20?/m1/s1. The van der Waals surface area contributed by atoms with E-state index in [1.807, 2.05) is 30.3 Å². The molecule has 3 rings (SSSR count). The van der Waals surface area contributed by atoms with Crippen LogP contribution in [0.25, 0.3) is 11.1 Å². The van der Waals surface area contributed by atoms with E-state index in [9.17, 15) is 15.0 Å². The third-order valence-electron chi connectivity index (χ3n) is 5.01. The van der Waals surface area contributed by atoms with Gasteiger partial charge in [-0.1, -0.05) is 30.3 Å². The lowest BCUT2D eigenvalue weighted by Gasteiger charge is -2.19. The molecule has 2 atom stereocenters. The number of aliphatic hydroxyl groups excluding tert-OH is 1. The Morgan fingerprint density at radius 2 is 2.03 bits per heavy atom. The molecule has 1 heterocycles. The molecule has 1 aliphatic heterocycles. The van der Waals surface area contributed by atoms with E-state index >= 15 is 0 Å². The Labute approximate surface area is 170 Å². The second kappa shape index (κ2) is 10.4. The van der Waals surface area contributed by atoms with Crippen molar-refractivity contribution in [2.24, 2.45) is 5.73 Å². The molecule has 6 N–H and O–H groups in total. The van der Waals surface area contributed by atoms with Gasteiger partial charge in [-0.2, -0.15) is 0 Å². The zero-order valence-corrected chi connectivity index (χ0v) is 16.4. The van der Waals surface area contributed by atoms with Gasteiger partial charge in [0.25, 0.3) is 0 Å². The van der Waals surface area contributed by atoms with E-state index in [1.54, 1.807) is 0 Å². The lowest BCUT2D eigenvalue weighted by molar-refractivity contribution is -0.139. The van der Waals surface area contributed by atoms with Gasteiger partial charge in [-0.3, -0.25) is 4.79 Å². The second-order valence-electron chi connectivity index (χ2n) is 7.28. The van der Waals surface area contributed by atoms with Crippen molar-refractivity contribution in [3.63, 3.8) is 0 Å². The van der Waals surface area contributed by atoms with E-state index in [0.717, 1.165) is 29.7 Å². The van der Waals surface area contributed by atoms with Crippen LogP contribution in [0.1, 0.15) is 11.1 Å². The van der Waals surface area contributed by atoms with E-state index < -0.39 is 18.1 Å².